The van der Waals surface area contributed by atoms with Crippen molar-refractivity contribution in [1.29, 1.82) is 0 Å². The van der Waals surface area contributed by atoms with Gasteiger partial charge in [0.1, 0.15) is 0 Å². The van der Waals surface area contributed by atoms with Gasteiger partial charge in [-0.05, 0) is 12.0 Å². The molecule has 2 nitrogen and oxygen atoms in total. The highest BCUT2D eigenvalue weighted by Crippen LogP contribution is 2.16. The largest absolute Gasteiger partial charge is 0.375 e. The van der Waals surface area contributed by atoms with Gasteiger partial charge < -0.3 is 10.5 Å². The molecular weight excluding hydrogens is 206 g/mol. The Morgan fingerprint density at radius 2 is 2.20 bits per heavy atom. The first-order valence-corrected chi connectivity index (χ1v) is 6.50. The van der Waals surface area contributed by atoms with Gasteiger partial charge in [-0.2, -0.15) is 11.8 Å². The third-order valence-electron chi connectivity index (χ3n) is 2.63. The van der Waals surface area contributed by atoms with E-state index in [-0.39, 0.29) is 12.1 Å². The molecule has 2 rings (SSSR count). The van der Waals surface area contributed by atoms with Crippen molar-refractivity contribution in [2.45, 2.75) is 18.6 Å². The maximum Gasteiger partial charge on any atom is 0.0819 e. The maximum atomic E-state index is 6.14. The lowest BCUT2D eigenvalue weighted by Crippen LogP contribution is -2.42. The predicted molar refractivity (Wildman–Crippen MR) is 65.2 cm³/mol. The molecule has 0 bridgehead atoms. The first-order chi connectivity index (χ1) is 7.36. The second-order valence-electron chi connectivity index (χ2n) is 3.84. The maximum absolute atomic E-state index is 6.14. The number of thioether (sulfide) groups is 1. The van der Waals surface area contributed by atoms with E-state index in [0.717, 1.165) is 24.5 Å². The number of ether oxygens (including phenoxy) is 1. The molecule has 15 heavy (non-hydrogen) atoms. The van der Waals surface area contributed by atoms with Gasteiger partial charge in [0.05, 0.1) is 12.7 Å². The highest BCUT2D eigenvalue weighted by Gasteiger charge is 2.21. The Hall–Kier alpha value is -0.510. The highest BCUT2D eigenvalue weighted by atomic mass is 32.2. The Morgan fingerprint density at radius 3 is 2.87 bits per heavy atom. The van der Waals surface area contributed by atoms with E-state index in [0.29, 0.717) is 0 Å². The van der Waals surface area contributed by atoms with Crippen LogP contribution in [0.5, 0.6) is 0 Å². The van der Waals surface area contributed by atoms with Gasteiger partial charge >= 0.3 is 0 Å². The smallest absolute Gasteiger partial charge is 0.0819 e. The van der Waals surface area contributed by atoms with Crippen LogP contribution in [0.15, 0.2) is 30.3 Å². The average Bonchev–Trinajstić information content (AvgIpc) is 2.31. The van der Waals surface area contributed by atoms with Gasteiger partial charge in [0.25, 0.3) is 0 Å². The molecule has 1 saturated heterocycles. The van der Waals surface area contributed by atoms with Crippen molar-refractivity contribution < 1.29 is 4.74 Å². The molecule has 0 amide bonds. The van der Waals surface area contributed by atoms with Crippen molar-refractivity contribution >= 4 is 11.8 Å². The van der Waals surface area contributed by atoms with Crippen LogP contribution in [0.4, 0.5) is 0 Å². The van der Waals surface area contributed by atoms with Gasteiger partial charge in [0.15, 0.2) is 0 Å². The van der Waals surface area contributed by atoms with Crippen LogP contribution in [0.3, 0.4) is 0 Å². The minimum Gasteiger partial charge on any atom is -0.375 e. The minimum absolute atomic E-state index is 0.125. The predicted octanol–water partition coefficient (Wildman–Crippen LogP) is 1.69. The van der Waals surface area contributed by atoms with Gasteiger partial charge in [-0.25, -0.2) is 0 Å². The van der Waals surface area contributed by atoms with Gasteiger partial charge in [0, 0.05) is 17.5 Å². The summed E-state index contributed by atoms with van der Waals surface area (Å²) in [6, 6.07) is 10.5. The Labute approximate surface area is 95.2 Å². The quantitative estimate of drug-likeness (QED) is 0.847. The summed E-state index contributed by atoms with van der Waals surface area (Å²) < 4.78 is 5.67. The summed E-state index contributed by atoms with van der Waals surface area (Å²) in [5.74, 6) is 2.14. The number of benzene rings is 1. The molecule has 0 saturated carbocycles. The van der Waals surface area contributed by atoms with Gasteiger partial charge in [0.2, 0.25) is 0 Å². The van der Waals surface area contributed by atoms with Crippen LogP contribution in [-0.2, 0) is 11.2 Å². The number of rotatable bonds is 3. The summed E-state index contributed by atoms with van der Waals surface area (Å²) in [6.07, 6.45) is 1.13. The zero-order valence-corrected chi connectivity index (χ0v) is 9.58. The molecule has 0 aliphatic carbocycles. The van der Waals surface area contributed by atoms with Crippen molar-refractivity contribution in [3.8, 4) is 0 Å². The fourth-order valence-corrected chi connectivity index (χ4v) is 2.73. The van der Waals surface area contributed by atoms with E-state index in [1.165, 1.54) is 5.56 Å². The molecule has 1 aromatic carbocycles. The van der Waals surface area contributed by atoms with E-state index in [1.54, 1.807) is 0 Å². The molecule has 1 aliphatic rings. The molecule has 2 atom stereocenters. The lowest BCUT2D eigenvalue weighted by Gasteiger charge is -2.27. The first kappa shape index (κ1) is 11.0. The summed E-state index contributed by atoms with van der Waals surface area (Å²) >= 11 is 1.94. The third-order valence-corrected chi connectivity index (χ3v) is 3.65. The summed E-state index contributed by atoms with van der Waals surface area (Å²) in [7, 11) is 0. The van der Waals surface area contributed by atoms with Crippen molar-refractivity contribution in [3.63, 3.8) is 0 Å². The molecule has 1 fully saturated rings. The average molecular weight is 223 g/mol. The molecule has 0 aromatic heterocycles. The Kier molecular flexibility index (Phi) is 4.06. The zero-order chi connectivity index (χ0) is 10.5. The SMILES string of the molecule is NC(Cc1ccccc1)C1CSCCO1. The number of hydrogen-bond acceptors (Lipinski definition) is 3. The fraction of sp³-hybridized carbons (Fsp3) is 0.500. The van der Waals surface area contributed by atoms with Gasteiger partial charge in [-0.3, -0.25) is 0 Å². The van der Waals surface area contributed by atoms with Crippen molar-refractivity contribution in [2.24, 2.45) is 5.73 Å². The summed E-state index contributed by atoms with van der Waals surface area (Å²) in [6.45, 7) is 0.845. The molecule has 1 heterocycles. The lowest BCUT2D eigenvalue weighted by atomic mass is 10.0. The number of nitrogens with two attached hydrogens (primary N) is 1. The molecule has 0 spiro atoms. The highest BCUT2D eigenvalue weighted by molar-refractivity contribution is 7.99. The zero-order valence-electron chi connectivity index (χ0n) is 8.76. The Balaban J connectivity index is 1.88. The minimum atomic E-state index is 0.125. The molecule has 1 aliphatic heterocycles. The molecule has 2 unspecified atom stereocenters. The van der Waals surface area contributed by atoms with Crippen LogP contribution in [0.25, 0.3) is 0 Å². The molecule has 2 N–H and O–H groups in total. The summed E-state index contributed by atoms with van der Waals surface area (Å²) in [5, 5.41) is 0. The van der Waals surface area contributed by atoms with Crippen LogP contribution >= 0.6 is 11.8 Å². The van der Waals surface area contributed by atoms with E-state index >= 15 is 0 Å². The standard InChI is InChI=1S/C12H17NOS/c13-11(12-9-15-7-6-14-12)8-10-4-2-1-3-5-10/h1-5,11-12H,6-9,13H2. The molecule has 1 aromatic rings. The Morgan fingerprint density at radius 1 is 1.40 bits per heavy atom. The van der Waals surface area contributed by atoms with Crippen LogP contribution in [0.1, 0.15) is 5.56 Å². The monoisotopic (exact) mass is 223 g/mol. The van der Waals surface area contributed by atoms with Crippen molar-refractivity contribution in [1.82, 2.24) is 0 Å². The topological polar surface area (TPSA) is 35.2 Å². The van der Waals surface area contributed by atoms with Gasteiger partial charge in [-0.15, -0.1) is 0 Å². The second kappa shape index (κ2) is 5.54. The van der Waals surface area contributed by atoms with E-state index < -0.39 is 0 Å². The molecule has 3 heteroatoms. The Bertz CT molecular complexity index is 285. The van der Waals surface area contributed by atoms with Crippen molar-refractivity contribution in [3.05, 3.63) is 35.9 Å². The second-order valence-corrected chi connectivity index (χ2v) is 4.99. The summed E-state index contributed by atoms with van der Waals surface area (Å²) in [5.41, 5.74) is 7.44. The van der Waals surface area contributed by atoms with Crippen molar-refractivity contribution in [2.75, 3.05) is 18.1 Å². The molecule has 82 valence electrons. The van der Waals surface area contributed by atoms with Crippen LogP contribution in [-0.4, -0.2) is 30.3 Å². The van der Waals surface area contributed by atoms with Crippen LogP contribution in [0, 0.1) is 0 Å². The summed E-state index contributed by atoms with van der Waals surface area (Å²) in [4.78, 5) is 0. The lowest BCUT2D eigenvalue weighted by molar-refractivity contribution is 0.0572. The first-order valence-electron chi connectivity index (χ1n) is 5.35. The van der Waals surface area contributed by atoms with Gasteiger partial charge in [-0.1, -0.05) is 30.3 Å². The van der Waals surface area contributed by atoms with Crippen LogP contribution in [0.2, 0.25) is 0 Å². The number of hydrogen-bond donors (Lipinski definition) is 1. The van der Waals surface area contributed by atoms with E-state index in [4.69, 9.17) is 10.5 Å². The normalized spacial score (nSPS) is 23.7. The third kappa shape index (κ3) is 3.23. The van der Waals surface area contributed by atoms with E-state index in [2.05, 4.69) is 24.3 Å². The fourth-order valence-electron chi connectivity index (χ4n) is 1.77. The molecular formula is C12H17NOS. The molecule has 0 radical (unpaired) electrons. The van der Waals surface area contributed by atoms with E-state index in [1.807, 2.05) is 17.8 Å². The van der Waals surface area contributed by atoms with E-state index in [9.17, 15) is 0 Å². The van der Waals surface area contributed by atoms with Crippen LogP contribution < -0.4 is 5.73 Å².